The van der Waals surface area contributed by atoms with E-state index in [0.717, 1.165) is 4.57 Å². The molecule has 0 spiro atoms. The average Bonchev–Trinajstić information content (AvgIpc) is 2.64. The molecule has 1 N–H and O–H groups in total. The highest BCUT2D eigenvalue weighted by Gasteiger charge is 2.25. The van der Waals surface area contributed by atoms with Gasteiger partial charge in [0.25, 0.3) is 5.56 Å². The normalized spacial score (nSPS) is 14.4. The molecule has 0 saturated carbocycles. The summed E-state index contributed by atoms with van der Waals surface area (Å²) in [6, 6.07) is 3.16. The predicted molar refractivity (Wildman–Crippen MR) is 96.1 cm³/mol. The number of urea groups is 1. The average molecular weight is 379 g/mol. The minimum Gasteiger partial charge on any atom is -0.363 e. The molecule has 1 aromatic heterocycles. The fourth-order valence-electron chi connectivity index (χ4n) is 3.01. The summed E-state index contributed by atoms with van der Waals surface area (Å²) in [6.45, 7) is 0.949. The highest BCUT2D eigenvalue weighted by atomic mass is 19.1. The zero-order valence-corrected chi connectivity index (χ0v) is 14.9. The van der Waals surface area contributed by atoms with Crippen LogP contribution in [-0.4, -0.2) is 46.2 Å². The van der Waals surface area contributed by atoms with Crippen LogP contribution in [0, 0.1) is 11.6 Å². The summed E-state index contributed by atoms with van der Waals surface area (Å²) >= 11 is 0. The lowest BCUT2D eigenvalue weighted by Crippen LogP contribution is -2.51. The highest BCUT2D eigenvalue weighted by Crippen LogP contribution is 2.24. The predicted octanol–water partition coefficient (Wildman–Crippen LogP) is 0.716. The van der Waals surface area contributed by atoms with Crippen molar-refractivity contribution < 1.29 is 13.6 Å². The van der Waals surface area contributed by atoms with Crippen molar-refractivity contribution in [2.75, 3.05) is 36.4 Å². The van der Waals surface area contributed by atoms with Crippen LogP contribution < -0.4 is 21.5 Å². The number of carbonyl (C=O) groups is 1. The van der Waals surface area contributed by atoms with Crippen molar-refractivity contribution in [1.29, 1.82) is 0 Å². The number of nitrogens with zero attached hydrogens (tertiary/aromatic N) is 4. The Morgan fingerprint density at radius 3 is 2.22 bits per heavy atom. The summed E-state index contributed by atoms with van der Waals surface area (Å²) in [5.41, 5.74) is -1.24. The summed E-state index contributed by atoms with van der Waals surface area (Å²) in [5.74, 6) is -1.30. The van der Waals surface area contributed by atoms with Gasteiger partial charge in [0.1, 0.15) is 23.0 Å². The molecule has 0 aliphatic carbocycles. The van der Waals surface area contributed by atoms with Crippen molar-refractivity contribution in [3.05, 3.63) is 56.9 Å². The number of aromatic nitrogens is 2. The third-order valence-electron chi connectivity index (χ3n) is 4.51. The highest BCUT2D eigenvalue weighted by molar-refractivity contribution is 5.89. The number of piperazine rings is 1. The Labute approximate surface area is 153 Å². The first-order chi connectivity index (χ1) is 12.8. The lowest BCUT2D eigenvalue weighted by Gasteiger charge is -2.36. The molecule has 0 unspecified atom stereocenters. The fourth-order valence-corrected chi connectivity index (χ4v) is 3.01. The second kappa shape index (κ2) is 7.22. The molecule has 27 heavy (non-hydrogen) atoms. The van der Waals surface area contributed by atoms with Crippen LogP contribution in [-0.2, 0) is 14.1 Å². The van der Waals surface area contributed by atoms with E-state index in [0.29, 0.717) is 0 Å². The van der Waals surface area contributed by atoms with Gasteiger partial charge in [0, 0.05) is 46.5 Å². The molecule has 1 saturated heterocycles. The Balaban J connectivity index is 1.69. The van der Waals surface area contributed by atoms with Crippen LogP contribution in [0.4, 0.5) is 25.0 Å². The number of hydrogen-bond acceptors (Lipinski definition) is 4. The van der Waals surface area contributed by atoms with Crippen LogP contribution in [0.25, 0.3) is 0 Å². The van der Waals surface area contributed by atoms with Crippen molar-refractivity contribution in [3.8, 4) is 0 Å². The monoisotopic (exact) mass is 379 g/mol. The minimum absolute atomic E-state index is 0.0211. The molecule has 3 rings (SSSR count). The van der Waals surface area contributed by atoms with Gasteiger partial charge in [-0.25, -0.2) is 18.4 Å². The number of carbonyl (C=O) groups excluding carboxylic acids is 1. The van der Waals surface area contributed by atoms with Crippen molar-refractivity contribution in [2.24, 2.45) is 14.1 Å². The van der Waals surface area contributed by atoms with Gasteiger partial charge in [-0.2, -0.15) is 0 Å². The van der Waals surface area contributed by atoms with Crippen molar-refractivity contribution in [1.82, 2.24) is 14.0 Å². The van der Waals surface area contributed by atoms with E-state index in [4.69, 9.17) is 0 Å². The molecule has 1 aromatic carbocycles. The molecule has 10 heteroatoms. The third kappa shape index (κ3) is 3.55. The van der Waals surface area contributed by atoms with Gasteiger partial charge in [0.05, 0.1) is 0 Å². The van der Waals surface area contributed by atoms with Crippen LogP contribution in [0.1, 0.15) is 0 Å². The number of halogens is 2. The van der Waals surface area contributed by atoms with Gasteiger partial charge < -0.3 is 19.7 Å². The molecular formula is C17H19F2N5O3. The van der Waals surface area contributed by atoms with Gasteiger partial charge in [-0.3, -0.25) is 9.36 Å². The van der Waals surface area contributed by atoms with Crippen LogP contribution in [0.5, 0.6) is 0 Å². The number of benzene rings is 1. The van der Waals surface area contributed by atoms with Gasteiger partial charge in [-0.1, -0.05) is 6.07 Å². The topological polar surface area (TPSA) is 79.6 Å². The number of aryl methyl sites for hydroxylation is 1. The van der Waals surface area contributed by atoms with E-state index in [1.54, 1.807) is 4.90 Å². The van der Waals surface area contributed by atoms with E-state index in [-0.39, 0.29) is 37.6 Å². The van der Waals surface area contributed by atoms with E-state index in [2.05, 4.69) is 5.32 Å². The summed E-state index contributed by atoms with van der Waals surface area (Å²) in [4.78, 5) is 39.2. The molecule has 2 aromatic rings. The molecule has 2 heterocycles. The van der Waals surface area contributed by atoms with Crippen LogP contribution >= 0.6 is 0 Å². The summed E-state index contributed by atoms with van der Waals surface area (Å²) in [7, 11) is 2.79. The van der Waals surface area contributed by atoms with Crippen molar-refractivity contribution in [3.63, 3.8) is 0 Å². The van der Waals surface area contributed by atoms with E-state index in [1.165, 1.54) is 48.0 Å². The van der Waals surface area contributed by atoms with E-state index in [9.17, 15) is 23.2 Å². The Bertz CT molecular complexity index is 973. The zero-order valence-electron chi connectivity index (χ0n) is 14.9. The smallest absolute Gasteiger partial charge is 0.330 e. The maximum atomic E-state index is 13.9. The second-order valence-electron chi connectivity index (χ2n) is 6.27. The quantitative estimate of drug-likeness (QED) is 0.834. The van der Waals surface area contributed by atoms with Gasteiger partial charge in [-0.15, -0.1) is 0 Å². The zero-order chi connectivity index (χ0) is 19.7. The summed E-state index contributed by atoms with van der Waals surface area (Å²) in [5, 5.41) is 2.49. The molecule has 1 fully saturated rings. The number of para-hydroxylation sites is 1. The molecular weight excluding hydrogens is 360 g/mol. The number of nitrogens with one attached hydrogen (secondary N) is 1. The van der Waals surface area contributed by atoms with Gasteiger partial charge in [-0.05, 0) is 12.1 Å². The molecule has 0 bridgehead atoms. The Hall–Kier alpha value is -3.17. The summed E-state index contributed by atoms with van der Waals surface area (Å²) < 4.78 is 29.9. The van der Waals surface area contributed by atoms with E-state index in [1.807, 2.05) is 0 Å². The first kappa shape index (κ1) is 18.6. The van der Waals surface area contributed by atoms with Crippen LogP contribution in [0.3, 0.4) is 0 Å². The lowest BCUT2D eigenvalue weighted by molar-refractivity contribution is 0.208. The number of rotatable bonds is 2. The first-order valence-corrected chi connectivity index (χ1v) is 8.31. The molecule has 144 valence electrons. The fraction of sp³-hybridized carbons (Fsp3) is 0.353. The number of hydrogen-bond donors (Lipinski definition) is 1. The third-order valence-corrected chi connectivity index (χ3v) is 4.51. The molecule has 1 aliphatic heterocycles. The van der Waals surface area contributed by atoms with Crippen molar-refractivity contribution >= 4 is 17.4 Å². The lowest BCUT2D eigenvalue weighted by atomic mass is 10.2. The molecule has 0 radical (unpaired) electrons. The largest absolute Gasteiger partial charge is 0.363 e. The molecule has 0 atom stereocenters. The van der Waals surface area contributed by atoms with Gasteiger partial charge >= 0.3 is 11.7 Å². The van der Waals surface area contributed by atoms with Gasteiger partial charge in [0.15, 0.2) is 0 Å². The maximum absolute atomic E-state index is 13.9. The van der Waals surface area contributed by atoms with Crippen LogP contribution in [0.15, 0.2) is 34.0 Å². The van der Waals surface area contributed by atoms with E-state index >= 15 is 0 Å². The Morgan fingerprint density at radius 1 is 1.04 bits per heavy atom. The van der Waals surface area contributed by atoms with Crippen LogP contribution in [0.2, 0.25) is 0 Å². The Morgan fingerprint density at radius 2 is 1.63 bits per heavy atom. The standard InChI is InChI=1S/C17H19F2N5O3/c1-21-10-13(15(25)22(2)17(21)27)20-16(26)24-8-6-23(7-9-24)14-11(18)4-3-5-12(14)19/h3-5,10H,6-9H2,1-2H3,(H,20,26). The minimum atomic E-state index is -0.651. The molecule has 1 aliphatic rings. The SMILES string of the molecule is Cn1cc(NC(=O)N2CCN(c3c(F)cccc3F)CC2)c(=O)n(C)c1=O. The second-order valence-corrected chi connectivity index (χ2v) is 6.27. The molecule has 8 nitrogen and oxygen atoms in total. The number of anilines is 2. The van der Waals surface area contributed by atoms with Crippen molar-refractivity contribution in [2.45, 2.75) is 0 Å². The summed E-state index contributed by atoms with van der Waals surface area (Å²) in [6.07, 6.45) is 1.26. The van der Waals surface area contributed by atoms with E-state index < -0.39 is 28.9 Å². The Kier molecular flexibility index (Phi) is 4.98. The number of amides is 2. The molecule has 2 amide bonds. The first-order valence-electron chi connectivity index (χ1n) is 8.31. The van der Waals surface area contributed by atoms with Gasteiger partial charge in [0.2, 0.25) is 0 Å². The maximum Gasteiger partial charge on any atom is 0.330 e.